The van der Waals surface area contributed by atoms with Crippen molar-refractivity contribution in [2.75, 3.05) is 14.2 Å². The van der Waals surface area contributed by atoms with E-state index in [0.717, 1.165) is 24.6 Å². The Kier molecular flexibility index (Phi) is 2.10. The van der Waals surface area contributed by atoms with Crippen LogP contribution in [0.1, 0.15) is 11.1 Å². The third kappa shape index (κ3) is 1.35. The van der Waals surface area contributed by atoms with Crippen LogP contribution in [-0.2, 0) is 13.1 Å². The van der Waals surface area contributed by atoms with Crippen molar-refractivity contribution >= 4 is 0 Å². The summed E-state index contributed by atoms with van der Waals surface area (Å²) in [5.74, 6) is 1.78. The third-order valence-corrected chi connectivity index (χ3v) is 2.35. The normalized spacial score (nSPS) is 14.0. The first-order valence-electron chi connectivity index (χ1n) is 4.29. The zero-order chi connectivity index (χ0) is 9.26. The van der Waals surface area contributed by atoms with Crippen LogP contribution in [0.3, 0.4) is 0 Å². The van der Waals surface area contributed by atoms with Gasteiger partial charge in [0.2, 0.25) is 0 Å². The van der Waals surface area contributed by atoms with E-state index in [4.69, 9.17) is 9.47 Å². The van der Waals surface area contributed by atoms with Crippen LogP contribution in [0.5, 0.6) is 11.5 Å². The van der Waals surface area contributed by atoms with Gasteiger partial charge in [-0.2, -0.15) is 0 Å². The Labute approximate surface area is 77.7 Å². The molecule has 2 rings (SSSR count). The molecule has 1 aliphatic rings. The molecule has 1 aliphatic heterocycles. The summed E-state index contributed by atoms with van der Waals surface area (Å²) in [5.41, 5.74) is 2.53. The van der Waals surface area contributed by atoms with E-state index in [1.54, 1.807) is 14.2 Å². The zero-order valence-corrected chi connectivity index (χ0v) is 7.89. The lowest BCUT2D eigenvalue weighted by atomic mass is 10.1. The minimum Gasteiger partial charge on any atom is -0.497 e. The van der Waals surface area contributed by atoms with Gasteiger partial charge in [-0.15, -0.1) is 0 Å². The van der Waals surface area contributed by atoms with Crippen LogP contribution in [0.25, 0.3) is 0 Å². The highest BCUT2D eigenvalue weighted by atomic mass is 16.5. The Morgan fingerprint density at radius 2 is 2.00 bits per heavy atom. The van der Waals surface area contributed by atoms with Crippen molar-refractivity contribution in [2.45, 2.75) is 13.1 Å². The number of rotatable bonds is 2. The third-order valence-electron chi connectivity index (χ3n) is 2.35. The van der Waals surface area contributed by atoms with E-state index in [1.165, 1.54) is 11.1 Å². The number of benzene rings is 1. The summed E-state index contributed by atoms with van der Waals surface area (Å²) in [5, 5.41) is 3.28. The fourth-order valence-electron chi connectivity index (χ4n) is 1.66. The van der Waals surface area contributed by atoms with Crippen LogP contribution < -0.4 is 14.8 Å². The Hall–Kier alpha value is -1.22. The molecule has 70 valence electrons. The summed E-state index contributed by atoms with van der Waals surface area (Å²) >= 11 is 0. The minimum atomic E-state index is 0.860. The maximum absolute atomic E-state index is 5.28. The molecule has 0 aliphatic carbocycles. The largest absolute Gasteiger partial charge is 0.497 e. The SMILES string of the molecule is COc1cc2c(c(OC)c1)CNC2. The van der Waals surface area contributed by atoms with Crippen LogP contribution in [0.2, 0.25) is 0 Å². The van der Waals surface area contributed by atoms with E-state index in [1.807, 2.05) is 6.07 Å². The average Bonchev–Trinajstić information content (AvgIpc) is 2.63. The predicted molar refractivity (Wildman–Crippen MR) is 50.1 cm³/mol. The Balaban J connectivity index is 2.49. The lowest BCUT2D eigenvalue weighted by molar-refractivity contribution is 0.391. The number of nitrogens with one attached hydrogen (secondary N) is 1. The van der Waals surface area contributed by atoms with Gasteiger partial charge in [-0.05, 0) is 11.6 Å². The number of methoxy groups -OCH3 is 2. The maximum Gasteiger partial charge on any atom is 0.127 e. The molecule has 1 N–H and O–H groups in total. The molecule has 3 nitrogen and oxygen atoms in total. The van der Waals surface area contributed by atoms with Gasteiger partial charge in [0.25, 0.3) is 0 Å². The Bertz CT molecular complexity index is 323. The molecular formula is C10H13NO2. The molecule has 0 radical (unpaired) electrons. The monoisotopic (exact) mass is 179 g/mol. The summed E-state index contributed by atoms with van der Waals surface area (Å²) in [6, 6.07) is 3.98. The van der Waals surface area contributed by atoms with Gasteiger partial charge >= 0.3 is 0 Å². The quantitative estimate of drug-likeness (QED) is 0.742. The molecule has 0 saturated carbocycles. The van der Waals surface area contributed by atoms with E-state index in [2.05, 4.69) is 11.4 Å². The molecule has 0 aromatic heterocycles. The zero-order valence-electron chi connectivity index (χ0n) is 7.89. The second-order valence-electron chi connectivity index (χ2n) is 3.07. The molecule has 0 atom stereocenters. The van der Waals surface area contributed by atoms with Gasteiger partial charge < -0.3 is 14.8 Å². The van der Waals surface area contributed by atoms with Crippen molar-refractivity contribution in [3.05, 3.63) is 23.3 Å². The molecule has 0 amide bonds. The van der Waals surface area contributed by atoms with Gasteiger partial charge in [-0.1, -0.05) is 0 Å². The van der Waals surface area contributed by atoms with E-state index in [0.29, 0.717) is 0 Å². The smallest absolute Gasteiger partial charge is 0.127 e. The molecule has 1 aromatic carbocycles. The molecule has 1 heterocycles. The van der Waals surface area contributed by atoms with Crippen molar-refractivity contribution in [3.63, 3.8) is 0 Å². The molecule has 0 spiro atoms. The molecular weight excluding hydrogens is 166 g/mol. The summed E-state index contributed by atoms with van der Waals surface area (Å²) in [6.45, 7) is 1.80. The van der Waals surface area contributed by atoms with Crippen molar-refractivity contribution in [1.29, 1.82) is 0 Å². The first-order valence-corrected chi connectivity index (χ1v) is 4.29. The fraction of sp³-hybridized carbons (Fsp3) is 0.400. The van der Waals surface area contributed by atoms with Gasteiger partial charge in [0.1, 0.15) is 11.5 Å². The number of hydrogen-bond donors (Lipinski definition) is 1. The number of ether oxygens (including phenoxy) is 2. The molecule has 1 aromatic rings. The molecule has 0 unspecified atom stereocenters. The van der Waals surface area contributed by atoms with E-state index >= 15 is 0 Å². The summed E-state index contributed by atoms with van der Waals surface area (Å²) in [6.07, 6.45) is 0. The summed E-state index contributed by atoms with van der Waals surface area (Å²) in [7, 11) is 3.36. The van der Waals surface area contributed by atoms with Crippen LogP contribution >= 0.6 is 0 Å². The molecule has 0 bridgehead atoms. The highest BCUT2D eigenvalue weighted by Gasteiger charge is 2.16. The van der Waals surface area contributed by atoms with Crippen molar-refractivity contribution in [2.24, 2.45) is 0 Å². The van der Waals surface area contributed by atoms with Crippen molar-refractivity contribution in [1.82, 2.24) is 5.32 Å². The second kappa shape index (κ2) is 3.26. The highest BCUT2D eigenvalue weighted by Crippen LogP contribution is 2.31. The van der Waals surface area contributed by atoms with Crippen LogP contribution in [-0.4, -0.2) is 14.2 Å². The standard InChI is InChI=1S/C10H13NO2/c1-12-8-3-7-5-11-6-9(7)10(4-8)13-2/h3-4,11H,5-6H2,1-2H3. The summed E-state index contributed by atoms with van der Waals surface area (Å²) in [4.78, 5) is 0. The Morgan fingerprint density at radius 3 is 2.69 bits per heavy atom. The van der Waals surface area contributed by atoms with Gasteiger partial charge in [-0.3, -0.25) is 0 Å². The molecule has 3 heteroatoms. The maximum atomic E-state index is 5.28. The predicted octanol–water partition coefficient (Wildman–Crippen LogP) is 1.31. The minimum absolute atomic E-state index is 0.860. The van der Waals surface area contributed by atoms with Crippen LogP contribution in [0.4, 0.5) is 0 Å². The Morgan fingerprint density at radius 1 is 1.15 bits per heavy atom. The lowest BCUT2D eigenvalue weighted by Crippen LogP contribution is -2.00. The van der Waals surface area contributed by atoms with Crippen molar-refractivity contribution < 1.29 is 9.47 Å². The average molecular weight is 179 g/mol. The fourth-order valence-corrected chi connectivity index (χ4v) is 1.66. The first-order chi connectivity index (χ1) is 6.35. The van der Waals surface area contributed by atoms with Crippen molar-refractivity contribution in [3.8, 4) is 11.5 Å². The molecule has 0 fully saturated rings. The van der Waals surface area contributed by atoms with E-state index in [9.17, 15) is 0 Å². The summed E-state index contributed by atoms with van der Waals surface area (Å²) < 4.78 is 10.5. The number of fused-ring (bicyclic) bond motifs is 1. The second-order valence-corrected chi connectivity index (χ2v) is 3.07. The van der Waals surface area contributed by atoms with Gasteiger partial charge in [0.05, 0.1) is 14.2 Å². The molecule has 0 saturated heterocycles. The van der Waals surface area contributed by atoms with Crippen LogP contribution in [0.15, 0.2) is 12.1 Å². The first kappa shape index (κ1) is 8.38. The van der Waals surface area contributed by atoms with E-state index in [-0.39, 0.29) is 0 Å². The van der Waals surface area contributed by atoms with Gasteiger partial charge in [-0.25, -0.2) is 0 Å². The van der Waals surface area contributed by atoms with Gasteiger partial charge in [0.15, 0.2) is 0 Å². The highest BCUT2D eigenvalue weighted by molar-refractivity contribution is 5.48. The number of hydrogen-bond acceptors (Lipinski definition) is 3. The van der Waals surface area contributed by atoms with E-state index < -0.39 is 0 Å². The van der Waals surface area contributed by atoms with Crippen LogP contribution in [0, 0.1) is 0 Å². The topological polar surface area (TPSA) is 30.5 Å². The van der Waals surface area contributed by atoms with Gasteiger partial charge in [0, 0.05) is 24.7 Å². The lowest BCUT2D eigenvalue weighted by Gasteiger charge is -2.08. The molecule has 13 heavy (non-hydrogen) atoms.